The molecule has 6 heteroatoms. The number of rotatable bonds is 6. The molecule has 4 fully saturated rings. The molecule has 4 aliphatic carbocycles. The first-order chi connectivity index (χ1) is 15.4. The van der Waals surface area contributed by atoms with Crippen LogP contribution in [0.4, 0.5) is 0 Å². The molecule has 4 saturated carbocycles. The van der Waals surface area contributed by atoms with Crippen molar-refractivity contribution in [3.8, 4) is 0 Å². The standard InChI is InChI=1S/C27H46O6/c1-14(5-8-21(29)15(2)25(32)33)18-6-7-19-24-20(13-23(31)27(18,19)4)26(3)10-9-17(28)11-16(26)12-22(24)30/h14-24,28-31H,5-13H2,1-4H3,(H,32,33)/t14-,15+,16-,17-,18-,19+,20+,21+,22-,23+,24+,26+,27-/m1/s1. The fourth-order valence-electron chi connectivity index (χ4n) is 9.18. The second-order valence-electron chi connectivity index (χ2n) is 12.8. The van der Waals surface area contributed by atoms with E-state index in [-0.39, 0.29) is 40.8 Å². The van der Waals surface area contributed by atoms with Gasteiger partial charge in [-0.15, -0.1) is 0 Å². The molecule has 33 heavy (non-hydrogen) atoms. The average molecular weight is 467 g/mol. The maximum Gasteiger partial charge on any atom is 0.308 e. The summed E-state index contributed by atoms with van der Waals surface area (Å²) in [5, 5.41) is 52.7. The van der Waals surface area contributed by atoms with Crippen LogP contribution < -0.4 is 0 Å². The van der Waals surface area contributed by atoms with Crippen LogP contribution in [-0.2, 0) is 4.79 Å². The Labute approximate surface area is 198 Å². The quantitative estimate of drug-likeness (QED) is 0.409. The predicted octanol–water partition coefficient (Wildman–Crippen LogP) is 3.45. The summed E-state index contributed by atoms with van der Waals surface area (Å²) in [6.45, 7) is 8.32. The number of carbonyl (C=O) groups is 1. The second kappa shape index (κ2) is 9.07. The van der Waals surface area contributed by atoms with E-state index in [2.05, 4.69) is 20.8 Å². The summed E-state index contributed by atoms with van der Waals surface area (Å²) in [4.78, 5) is 11.2. The molecule has 6 nitrogen and oxygen atoms in total. The topological polar surface area (TPSA) is 118 Å². The maximum absolute atomic E-state index is 11.6. The van der Waals surface area contributed by atoms with Gasteiger partial charge in [-0.25, -0.2) is 0 Å². The third-order valence-electron chi connectivity index (χ3n) is 11.4. The van der Waals surface area contributed by atoms with Gasteiger partial charge in [0.1, 0.15) is 0 Å². The molecule has 0 aromatic carbocycles. The SMILES string of the molecule is C[C@H](CC[C@H](O)[C@H](C)C(=O)O)[C@H]1CC[C@H]2[C@@H]3[C@H](O)C[C@H]4C[C@H](O)CC[C@]4(C)[C@H]3C[C@H](O)[C@]12C. The molecule has 0 unspecified atom stereocenters. The van der Waals surface area contributed by atoms with E-state index < -0.39 is 24.1 Å². The third kappa shape index (κ3) is 4.07. The monoisotopic (exact) mass is 466 g/mol. The number of fused-ring (bicyclic) bond motifs is 5. The van der Waals surface area contributed by atoms with E-state index in [4.69, 9.17) is 0 Å². The van der Waals surface area contributed by atoms with Crippen molar-refractivity contribution < 1.29 is 30.3 Å². The van der Waals surface area contributed by atoms with E-state index in [1.165, 1.54) is 0 Å². The van der Waals surface area contributed by atoms with Crippen LogP contribution >= 0.6 is 0 Å². The molecule has 5 N–H and O–H groups in total. The number of aliphatic carboxylic acids is 1. The molecule has 0 aromatic heterocycles. The molecule has 0 radical (unpaired) electrons. The highest BCUT2D eigenvalue weighted by atomic mass is 16.4. The van der Waals surface area contributed by atoms with Crippen LogP contribution in [0.3, 0.4) is 0 Å². The van der Waals surface area contributed by atoms with Gasteiger partial charge in [-0.05, 0) is 111 Å². The van der Waals surface area contributed by atoms with Gasteiger partial charge in [0.15, 0.2) is 0 Å². The zero-order valence-corrected chi connectivity index (χ0v) is 20.9. The minimum atomic E-state index is -0.967. The molecule has 0 spiro atoms. The van der Waals surface area contributed by atoms with Crippen molar-refractivity contribution in [2.45, 2.75) is 110 Å². The fraction of sp³-hybridized carbons (Fsp3) is 0.963. The first kappa shape index (κ1) is 25.4. The van der Waals surface area contributed by atoms with Crippen molar-refractivity contribution in [1.82, 2.24) is 0 Å². The molecule has 0 aromatic rings. The van der Waals surface area contributed by atoms with Crippen molar-refractivity contribution in [3.05, 3.63) is 0 Å². The van der Waals surface area contributed by atoms with Gasteiger partial charge in [0.05, 0.1) is 30.3 Å². The highest BCUT2D eigenvalue weighted by Gasteiger charge is 2.65. The highest BCUT2D eigenvalue weighted by Crippen LogP contribution is 2.68. The normalized spacial score (nSPS) is 49.9. The van der Waals surface area contributed by atoms with Crippen LogP contribution in [0.15, 0.2) is 0 Å². The minimum absolute atomic E-state index is 0.0756. The van der Waals surface area contributed by atoms with Gasteiger partial charge in [0.25, 0.3) is 0 Å². The highest BCUT2D eigenvalue weighted by molar-refractivity contribution is 5.70. The van der Waals surface area contributed by atoms with E-state index in [1.807, 2.05) is 0 Å². The summed E-state index contributed by atoms with van der Waals surface area (Å²) in [6.07, 6.45) is 5.36. The van der Waals surface area contributed by atoms with E-state index >= 15 is 0 Å². The van der Waals surface area contributed by atoms with Gasteiger partial charge in [0.2, 0.25) is 0 Å². The van der Waals surface area contributed by atoms with Crippen LogP contribution in [0.5, 0.6) is 0 Å². The lowest BCUT2D eigenvalue weighted by atomic mass is 9.43. The Morgan fingerprint density at radius 2 is 1.67 bits per heavy atom. The Hall–Kier alpha value is -0.690. The molecule has 0 heterocycles. The van der Waals surface area contributed by atoms with Gasteiger partial charge in [-0.2, -0.15) is 0 Å². The lowest BCUT2D eigenvalue weighted by Crippen LogP contribution is -2.62. The molecule has 0 bridgehead atoms. The zero-order valence-electron chi connectivity index (χ0n) is 20.9. The number of aliphatic hydroxyl groups excluding tert-OH is 4. The molecule has 4 aliphatic rings. The summed E-state index contributed by atoms with van der Waals surface area (Å²) in [5.74, 6) is -0.0734. The van der Waals surface area contributed by atoms with Crippen molar-refractivity contribution in [1.29, 1.82) is 0 Å². The summed E-state index contributed by atoms with van der Waals surface area (Å²) < 4.78 is 0. The summed E-state index contributed by atoms with van der Waals surface area (Å²) in [5.41, 5.74) is -0.186. The van der Waals surface area contributed by atoms with Gasteiger partial charge < -0.3 is 25.5 Å². The molecule has 13 atom stereocenters. The molecule has 0 saturated heterocycles. The van der Waals surface area contributed by atoms with Crippen LogP contribution in [0, 0.1) is 52.3 Å². The Morgan fingerprint density at radius 3 is 2.33 bits per heavy atom. The average Bonchev–Trinajstić information content (AvgIpc) is 3.11. The van der Waals surface area contributed by atoms with Crippen molar-refractivity contribution in [3.63, 3.8) is 0 Å². The van der Waals surface area contributed by atoms with Crippen LogP contribution in [-0.4, -0.2) is 55.9 Å². The lowest BCUT2D eigenvalue weighted by molar-refractivity contribution is -0.207. The molecule has 0 aliphatic heterocycles. The number of hydrogen-bond acceptors (Lipinski definition) is 5. The van der Waals surface area contributed by atoms with Crippen LogP contribution in [0.2, 0.25) is 0 Å². The maximum atomic E-state index is 11.6. The lowest BCUT2D eigenvalue weighted by Gasteiger charge is -2.63. The van der Waals surface area contributed by atoms with Crippen molar-refractivity contribution >= 4 is 5.97 Å². The first-order valence-electron chi connectivity index (χ1n) is 13.4. The second-order valence-corrected chi connectivity index (χ2v) is 12.8. The molecule has 190 valence electrons. The van der Waals surface area contributed by atoms with Gasteiger partial charge in [-0.1, -0.05) is 20.8 Å². The summed E-state index contributed by atoms with van der Waals surface area (Å²) in [6, 6.07) is 0. The number of carboxylic acids is 1. The molecule has 4 rings (SSSR count). The summed E-state index contributed by atoms with van der Waals surface area (Å²) in [7, 11) is 0. The molecular weight excluding hydrogens is 420 g/mol. The first-order valence-corrected chi connectivity index (χ1v) is 13.4. The van der Waals surface area contributed by atoms with Crippen molar-refractivity contribution in [2.75, 3.05) is 0 Å². The minimum Gasteiger partial charge on any atom is -0.481 e. The van der Waals surface area contributed by atoms with E-state index in [0.717, 1.165) is 51.4 Å². The Morgan fingerprint density at radius 1 is 0.970 bits per heavy atom. The molecular formula is C27H46O6. The van der Waals surface area contributed by atoms with Gasteiger partial charge in [0, 0.05) is 0 Å². The van der Waals surface area contributed by atoms with Crippen LogP contribution in [0.25, 0.3) is 0 Å². The van der Waals surface area contributed by atoms with E-state index in [0.29, 0.717) is 24.2 Å². The fourth-order valence-corrected chi connectivity index (χ4v) is 9.18. The van der Waals surface area contributed by atoms with E-state index in [1.54, 1.807) is 6.92 Å². The number of carboxylic acid groups (broad SMARTS) is 1. The zero-order chi connectivity index (χ0) is 24.3. The third-order valence-corrected chi connectivity index (χ3v) is 11.4. The number of hydrogen-bond donors (Lipinski definition) is 5. The summed E-state index contributed by atoms with van der Waals surface area (Å²) >= 11 is 0. The van der Waals surface area contributed by atoms with Crippen molar-refractivity contribution in [2.24, 2.45) is 52.3 Å². The van der Waals surface area contributed by atoms with E-state index in [9.17, 15) is 30.3 Å². The predicted molar refractivity (Wildman–Crippen MR) is 125 cm³/mol. The number of aliphatic hydroxyl groups is 4. The largest absolute Gasteiger partial charge is 0.481 e. The Balaban J connectivity index is 1.52. The Kier molecular flexibility index (Phi) is 6.98. The Bertz CT molecular complexity index is 727. The molecule has 0 amide bonds. The van der Waals surface area contributed by atoms with Gasteiger partial charge in [-0.3, -0.25) is 4.79 Å². The van der Waals surface area contributed by atoms with Crippen LogP contribution in [0.1, 0.15) is 85.5 Å². The van der Waals surface area contributed by atoms with Gasteiger partial charge >= 0.3 is 5.97 Å². The smallest absolute Gasteiger partial charge is 0.308 e.